The average Bonchev–Trinajstić information content (AvgIpc) is 3.14. The molecule has 3 rings (SSSR count). The highest BCUT2D eigenvalue weighted by molar-refractivity contribution is 5.84. The van der Waals surface area contributed by atoms with E-state index in [0.717, 1.165) is 0 Å². The Labute approximate surface area is 384 Å². The highest BCUT2D eigenvalue weighted by Crippen LogP contribution is 2.29. The smallest absolute Gasteiger partial charge is 0.408 e. The molecule has 0 unspecified atom stereocenters. The zero-order chi connectivity index (χ0) is 46.0. The molecule has 0 aromatic heterocycles. The molecule has 3 aliphatic carbocycles. The Hall–Kier alpha value is -4.19. The molecule has 0 aromatic rings. The number of amides is 3. The van der Waals surface area contributed by atoms with Crippen molar-refractivity contribution in [2.24, 2.45) is 17.8 Å². The van der Waals surface area contributed by atoms with Gasteiger partial charge in [0, 0.05) is 12.8 Å². The first kappa shape index (κ1) is 66.4. The molecule has 0 aliphatic heterocycles. The molecule has 64 heavy (non-hydrogen) atoms. The molecule has 18 nitrogen and oxygen atoms in total. The number of rotatable bonds is 9. The third-order valence-electron chi connectivity index (χ3n) is 9.87. The number of carbonyl (C=O) groups excluding carboxylic acids is 7. The fourth-order valence-corrected chi connectivity index (χ4v) is 6.96. The third-order valence-corrected chi connectivity index (χ3v) is 9.87. The molecule has 0 radical (unpaired) electrons. The lowest BCUT2D eigenvalue weighted by atomic mass is 9.82. The summed E-state index contributed by atoms with van der Waals surface area (Å²) < 4.78 is 29.7. The van der Waals surface area contributed by atoms with Gasteiger partial charge in [0.25, 0.3) is 0 Å². The molecule has 3 saturated carbocycles. The van der Waals surface area contributed by atoms with Crippen LogP contribution in [0.4, 0.5) is 14.4 Å². The normalized spacial score (nSPS) is 21.1. The van der Waals surface area contributed by atoms with Gasteiger partial charge in [-0.05, 0) is 144 Å². The van der Waals surface area contributed by atoms with Gasteiger partial charge in [0.15, 0.2) is 0 Å². The summed E-state index contributed by atoms with van der Waals surface area (Å²) in [6, 6.07) is -2.20. The first-order valence-electron chi connectivity index (χ1n) is 20.8. The van der Waals surface area contributed by atoms with E-state index >= 15 is 0 Å². The predicted octanol–water partition coefficient (Wildman–Crippen LogP) is 7.56. The van der Waals surface area contributed by atoms with Gasteiger partial charge >= 0.3 is 36.2 Å². The minimum absolute atomic E-state index is 0. The molecule has 0 bridgehead atoms. The quantitative estimate of drug-likeness (QED) is 0.110. The van der Waals surface area contributed by atoms with Crippen LogP contribution in [0.2, 0.25) is 0 Å². The number of hydrogen-bond donors (Lipinski definition) is 5. The summed E-state index contributed by atoms with van der Waals surface area (Å²) in [7, 11) is 3.87. The van der Waals surface area contributed by atoms with Gasteiger partial charge in [-0.15, -0.1) is 0 Å². The number of nitrogens with one attached hydrogen (secondary N) is 3. The van der Waals surface area contributed by atoms with E-state index in [0.29, 0.717) is 77.0 Å². The van der Waals surface area contributed by atoms with E-state index in [9.17, 15) is 43.8 Å². The second kappa shape index (κ2) is 30.9. The average molecular weight is 924 g/mol. The zero-order valence-corrected chi connectivity index (χ0v) is 37.8. The van der Waals surface area contributed by atoms with Gasteiger partial charge in [0.05, 0.1) is 33.5 Å². The Morgan fingerprint density at radius 1 is 0.453 bits per heavy atom. The summed E-state index contributed by atoms with van der Waals surface area (Å²) in [6.45, 7) is 15.8. The Kier molecular flexibility index (Phi) is 32.0. The van der Waals surface area contributed by atoms with Gasteiger partial charge in [-0.2, -0.15) is 0 Å². The molecule has 3 amide bonds. The van der Waals surface area contributed by atoms with E-state index in [2.05, 4.69) is 16.0 Å². The highest BCUT2D eigenvalue weighted by Gasteiger charge is 2.37. The minimum Gasteiger partial charge on any atom is -0.467 e. The summed E-state index contributed by atoms with van der Waals surface area (Å²) in [5, 5.41) is 26.8. The molecular formula is C46H89N3O15. The van der Waals surface area contributed by atoms with E-state index < -0.39 is 71.1 Å². The first-order valence-corrected chi connectivity index (χ1v) is 20.8. The van der Waals surface area contributed by atoms with Crippen molar-refractivity contribution in [1.82, 2.24) is 16.0 Å². The van der Waals surface area contributed by atoms with Gasteiger partial charge in [0.2, 0.25) is 0 Å². The number of aliphatic hydroxyl groups excluding tert-OH is 2. The van der Waals surface area contributed by atoms with Gasteiger partial charge in [-0.3, -0.25) is 4.79 Å². The number of ether oxygens (including phenoxy) is 6. The Morgan fingerprint density at radius 2 is 0.672 bits per heavy atom. The molecule has 5 N–H and O–H groups in total. The molecule has 3 atom stereocenters. The summed E-state index contributed by atoms with van der Waals surface area (Å²) in [6.07, 6.45) is 4.75. The van der Waals surface area contributed by atoms with Crippen molar-refractivity contribution < 1.29 is 72.2 Å². The lowest BCUT2D eigenvalue weighted by molar-refractivity contribution is -0.146. The van der Waals surface area contributed by atoms with Crippen molar-refractivity contribution in [2.45, 2.75) is 216 Å². The third kappa shape index (κ3) is 27.2. The molecule has 0 heterocycles. The SMILES string of the molecule is C.C.C.C.COC(=O)[C@@H](NC(=O)OC(C)(C)C)C1CCC(O)CC1.COC(=O)[C@@H](NC(=O)OC(C)(C)C)C1CCC(O)CC1.COC(=O)[C@H](NC(=O)OC(C)(C)C)C1CCC(=O)CC1. The summed E-state index contributed by atoms with van der Waals surface area (Å²) in [5.41, 5.74) is -1.87. The van der Waals surface area contributed by atoms with Gasteiger partial charge in [0.1, 0.15) is 40.7 Å². The Morgan fingerprint density at radius 3 is 0.875 bits per heavy atom. The number of carbonyl (C=O) groups is 7. The van der Waals surface area contributed by atoms with E-state index in [1.54, 1.807) is 62.3 Å². The first-order chi connectivity index (χ1) is 27.7. The van der Waals surface area contributed by atoms with Gasteiger partial charge in [-0.1, -0.05) is 29.7 Å². The minimum atomic E-state index is -0.761. The Bertz CT molecular complexity index is 1330. The Balaban J connectivity index is -0.000000409. The van der Waals surface area contributed by atoms with Crippen LogP contribution in [0.15, 0.2) is 0 Å². The van der Waals surface area contributed by atoms with E-state index in [4.69, 9.17) is 28.4 Å². The monoisotopic (exact) mass is 924 g/mol. The molecular weight excluding hydrogens is 835 g/mol. The fourth-order valence-electron chi connectivity index (χ4n) is 6.96. The van der Waals surface area contributed by atoms with Crippen LogP contribution in [0.3, 0.4) is 0 Å². The molecule has 378 valence electrons. The van der Waals surface area contributed by atoms with Crippen LogP contribution < -0.4 is 16.0 Å². The van der Waals surface area contributed by atoms with Crippen molar-refractivity contribution in [1.29, 1.82) is 0 Å². The van der Waals surface area contributed by atoms with Crippen LogP contribution in [0.25, 0.3) is 0 Å². The second-order valence-corrected chi connectivity index (χ2v) is 18.5. The fraction of sp³-hybridized carbons (Fsp3) is 0.848. The van der Waals surface area contributed by atoms with Crippen LogP contribution in [-0.4, -0.2) is 121 Å². The maximum absolute atomic E-state index is 11.8. The number of Topliss-reactive ketones (excluding diaryl/α,β-unsaturated/α-hetero) is 1. The molecule has 0 spiro atoms. The van der Waals surface area contributed by atoms with Crippen molar-refractivity contribution >= 4 is 42.0 Å². The number of hydrogen-bond acceptors (Lipinski definition) is 15. The molecule has 18 heteroatoms. The van der Waals surface area contributed by atoms with E-state index in [1.165, 1.54) is 21.3 Å². The van der Waals surface area contributed by atoms with Gasteiger partial charge in [-0.25, -0.2) is 28.8 Å². The molecule has 3 aliphatic rings. The predicted molar refractivity (Wildman–Crippen MR) is 245 cm³/mol. The van der Waals surface area contributed by atoms with Crippen LogP contribution in [-0.2, 0) is 47.6 Å². The van der Waals surface area contributed by atoms with E-state index in [-0.39, 0.29) is 65.5 Å². The van der Waals surface area contributed by atoms with E-state index in [1.807, 2.05) is 0 Å². The van der Waals surface area contributed by atoms with Crippen molar-refractivity contribution in [3.63, 3.8) is 0 Å². The van der Waals surface area contributed by atoms with Crippen LogP contribution in [0.1, 0.15) is 169 Å². The maximum Gasteiger partial charge on any atom is 0.408 e. The lowest BCUT2D eigenvalue weighted by Crippen LogP contribution is -2.49. The second-order valence-electron chi connectivity index (χ2n) is 18.5. The van der Waals surface area contributed by atoms with Gasteiger partial charge < -0.3 is 54.6 Å². The summed E-state index contributed by atoms with van der Waals surface area (Å²) in [4.78, 5) is 82.1. The number of esters is 3. The molecule has 0 saturated heterocycles. The number of aliphatic hydroxyl groups is 2. The molecule has 0 aromatic carbocycles. The van der Waals surface area contributed by atoms with Crippen molar-refractivity contribution in [3.8, 4) is 0 Å². The number of ketones is 1. The van der Waals surface area contributed by atoms with Crippen LogP contribution >= 0.6 is 0 Å². The summed E-state index contributed by atoms with van der Waals surface area (Å²) in [5.74, 6) is -1.41. The van der Waals surface area contributed by atoms with Crippen LogP contribution in [0.5, 0.6) is 0 Å². The molecule has 3 fully saturated rings. The van der Waals surface area contributed by atoms with Crippen molar-refractivity contribution in [3.05, 3.63) is 0 Å². The number of methoxy groups -OCH3 is 3. The number of alkyl carbamates (subject to hydrolysis) is 3. The summed E-state index contributed by atoms with van der Waals surface area (Å²) >= 11 is 0. The highest BCUT2D eigenvalue weighted by atomic mass is 16.6. The lowest BCUT2D eigenvalue weighted by Gasteiger charge is -2.31. The van der Waals surface area contributed by atoms with Crippen molar-refractivity contribution in [2.75, 3.05) is 21.3 Å². The maximum atomic E-state index is 11.8. The zero-order valence-electron chi connectivity index (χ0n) is 37.8. The largest absolute Gasteiger partial charge is 0.467 e. The topological polar surface area (TPSA) is 251 Å². The standard InChI is InChI=1S/2C14H25NO5.C14H23NO5.4CH4/c3*1-14(2,3)20-13(18)15-11(12(17)19-4)9-5-7-10(16)8-6-9;;;;/h2*9-11,16H,5-8H2,1-4H3,(H,15,18);9,11H,5-8H2,1-4H3,(H,15,18);4*1H4/t2*9?,10?,11-;11-;;;;/m001..../s1. The van der Waals surface area contributed by atoms with Crippen LogP contribution in [0, 0.1) is 17.8 Å².